The number of hydrogen-bond donors (Lipinski definition) is 2. The monoisotopic (exact) mass is 389 g/mol. The Morgan fingerprint density at radius 3 is 2.71 bits per heavy atom. The largest absolute Gasteiger partial charge is 0.347 e. The van der Waals surface area contributed by atoms with Crippen molar-refractivity contribution in [3.8, 4) is 10.6 Å². The summed E-state index contributed by atoms with van der Waals surface area (Å²) in [5, 5.41) is 8.57. The number of nitrogens with one attached hydrogen (secondary N) is 2. The van der Waals surface area contributed by atoms with Gasteiger partial charge in [-0.2, -0.15) is 0 Å². The average molecular weight is 390 g/mol. The minimum Gasteiger partial charge on any atom is -0.347 e. The lowest BCUT2D eigenvalue weighted by atomic mass is 10.1. The summed E-state index contributed by atoms with van der Waals surface area (Å²) < 4.78 is 12.9. The molecule has 24 heavy (non-hydrogen) atoms. The van der Waals surface area contributed by atoms with Gasteiger partial charge in [0.15, 0.2) is 0 Å². The molecule has 2 aromatic rings. The lowest BCUT2D eigenvalue weighted by molar-refractivity contribution is 0.0952. The molecule has 0 bridgehead atoms. The van der Waals surface area contributed by atoms with Gasteiger partial charge in [0.1, 0.15) is 16.5 Å². The molecule has 1 aliphatic rings. The van der Waals surface area contributed by atoms with E-state index in [0.29, 0.717) is 17.2 Å². The first-order valence-electron chi connectivity index (χ1n) is 7.10. The third kappa shape index (κ3) is 5.27. The van der Waals surface area contributed by atoms with E-state index < -0.39 is 0 Å². The molecule has 2 N–H and O–H groups in total. The Balaban J connectivity index is 0.00000144. The highest BCUT2D eigenvalue weighted by molar-refractivity contribution is 7.13. The Labute approximate surface area is 156 Å². The van der Waals surface area contributed by atoms with Gasteiger partial charge in [0.25, 0.3) is 5.91 Å². The second-order valence-corrected chi connectivity index (χ2v) is 5.90. The van der Waals surface area contributed by atoms with Crippen LogP contribution in [0.25, 0.3) is 10.6 Å². The maximum absolute atomic E-state index is 12.9. The van der Waals surface area contributed by atoms with Crippen LogP contribution in [0.3, 0.4) is 0 Å². The van der Waals surface area contributed by atoms with Crippen molar-refractivity contribution in [3.05, 3.63) is 52.8 Å². The summed E-state index contributed by atoms with van der Waals surface area (Å²) in [6, 6.07) is 6.10. The van der Waals surface area contributed by atoms with E-state index in [4.69, 9.17) is 0 Å². The van der Waals surface area contributed by atoms with Gasteiger partial charge in [0, 0.05) is 24.0 Å². The maximum atomic E-state index is 12.9. The molecule has 0 radical (unpaired) electrons. The fourth-order valence-corrected chi connectivity index (χ4v) is 3.02. The second-order valence-electron chi connectivity index (χ2n) is 5.04. The van der Waals surface area contributed by atoms with Gasteiger partial charge >= 0.3 is 0 Å². The van der Waals surface area contributed by atoms with Crippen LogP contribution in [-0.2, 0) is 0 Å². The summed E-state index contributed by atoms with van der Waals surface area (Å²) in [6.07, 6.45) is 3.06. The summed E-state index contributed by atoms with van der Waals surface area (Å²) in [6.45, 7) is 2.37. The number of halogens is 3. The molecule has 0 fully saturated rings. The van der Waals surface area contributed by atoms with Crippen molar-refractivity contribution in [1.82, 2.24) is 15.6 Å². The summed E-state index contributed by atoms with van der Waals surface area (Å²) >= 11 is 1.38. The van der Waals surface area contributed by atoms with Crippen LogP contribution in [0.5, 0.6) is 0 Å². The van der Waals surface area contributed by atoms with Crippen molar-refractivity contribution in [3.63, 3.8) is 0 Å². The van der Waals surface area contributed by atoms with Crippen LogP contribution in [0.4, 0.5) is 4.39 Å². The number of benzene rings is 1. The highest BCUT2D eigenvalue weighted by atomic mass is 35.5. The zero-order valence-electron chi connectivity index (χ0n) is 12.8. The molecule has 8 heteroatoms. The van der Waals surface area contributed by atoms with Crippen LogP contribution in [-0.4, -0.2) is 30.5 Å². The molecule has 2 heterocycles. The fourth-order valence-electron chi connectivity index (χ4n) is 2.22. The molecule has 1 aromatic heterocycles. The number of carbonyl (C=O) groups excluding carboxylic acids is 1. The highest BCUT2D eigenvalue weighted by Crippen LogP contribution is 2.23. The zero-order chi connectivity index (χ0) is 15.4. The minimum absolute atomic E-state index is 0. The first-order valence-corrected chi connectivity index (χ1v) is 7.98. The predicted molar refractivity (Wildman–Crippen MR) is 99.9 cm³/mol. The van der Waals surface area contributed by atoms with E-state index in [-0.39, 0.29) is 36.5 Å². The molecule has 0 unspecified atom stereocenters. The standard InChI is InChI=1S/C16H16FN3OS.2ClH/c17-13-3-1-12(2-4-13)16-20-14(10-22-16)15(21)19-9-11-5-7-18-8-6-11;;/h1-5,10,18H,6-9H2,(H,19,21);2*1H. The zero-order valence-corrected chi connectivity index (χ0v) is 15.2. The fraction of sp³-hybridized carbons (Fsp3) is 0.250. The molecule has 0 atom stereocenters. The summed E-state index contributed by atoms with van der Waals surface area (Å²) in [7, 11) is 0. The Morgan fingerprint density at radius 1 is 1.29 bits per heavy atom. The van der Waals surface area contributed by atoms with Crippen molar-refractivity contribution in [2.75, 3.05) is 19.6 Å². The van der Waals surface area contributed by atoms with E-state index in [1.807, 2.05) is 0 Å². The van der Waals surface area contributed by atoms with E-state index in [0.717, 1.165) is 25.1 Å². The van der Waals surface area contributed by atoms with Gasteiger partial charge in [-0.1, -0.05) is 11.6 Å². The quantitative estimate of drug-likeness (QED) is 0.787. The van der Waals surface area contributed by atoms with Crippen molar-refractivity contribution < 1.29 is 9.18 Å². The predicted octanol–water partition coefficient (Wildman–Crippen LogP) is 3.44. The van der Waals surface area contributed by atoms with Crippen LogP contribution >= 0.6 is 36.2 Å². The molecule has 1 aliphatic heterocycles. The van der Waals surface area contributed by atoms with Crippen molar-refractivity contribution in [2.45, 2.75) is 6.42 Å². The molecule has 3 rings (SSSR count). The van der Waals surface area contributed by atoms with Crippen LogP contribution in [0.15, 0.2) is 41.3 Å². The number of aromatic nitrogens is 1. The first-order chi connectivity index (χ1) is 10.7. The molecule has 1 amide bonds. The Morgan fingerprint density at radius 2 is 2.04 bits per heavy atom. The Kier molecular flexibility index (Phi) is 8.35. The van der Waals surface area contributed by atoms with Gasteiger partial charge in [0.05, 0.1) is 0 Å². The summed E-state index contributed by atoms with van der Waals surface area (Å²) in [5.41, 5.74) is 2.45. The Bertz CT molecular complexity index is 704. The van der Waals surface area contributed by atoms with Crippen LogP contribution < -0.4 is 10.6 Å². The summed E-state index contributed by atoms with van der Waals surface area (Å²) in [5.74, 6) is -0.461. The first kappa shape index (κ1) is 20.6. The van der Waals surface area contributed by atoms with Crippen molar-refractivity contribution in [1.29, 1.82) is 0 Å². The third-order valence-corrected chi connectivity index (χ3v) is 4.35. The van der Waals surface area contributed by atoms with Crippen LogP contribution in [0, 0.1) is 5.82 Å². The molecule has 0 aliphatic carbocycles. The minimum atomic E-state index is -0.284. The van der Waals surface area contributed by atoms with Gasteiger partial charge in [-0.3, -0.25) is 4.79 Å². The van der Waals surface area contributed by atoms with E-state index >= 15 is 0 Å². The van der Waals surface area contributed by atoms with Crippen molar-refractivity contribution in [2.24, 2.45) is 0 Å². The van der Waals surface area contributed by atoms with Crippen LogP contribution in [0.2, 0.25) is 0 Å². The van der Waals surface area contributed by atoms with E-state index in [9.17, 15) is 9.18 Å². The van der Waals surface area contributed by atoms with Gasteiger partial charge in [0.2, 0.25) is 0 Å². The maximum Gasteiger partial charge on any atom is 0.271 e. The van der Waals surface area contributed by atoms with Gasteiger partial charge in [-0.15, -0.1) is 36.2 Å². The normalized spacial score (nSPS) is 13.3. The van der Waals surface area contributed by atoms with E-state index in [2.05, 4.69) is 21.7 Å². The van der Waals surface area contributed by atoms with Crippen molar-refractivity contribution >= 4 is 42.1 Å². The SMILES string of the molecule is Cl.Cl.O=C(NCC1=CCNCC1)c1csc(-c2ccc(F)cc2)n1. The van der Waals surface area contributed by atoms with Gasteiger partial charge < -0.3 is 10.6 Å². The van der Waals surface area contributed by atoms with Gasteiger partial charge in [-0.05, 0) is 37.2 Å². The highest BCUT2D eigenvalue weighted by Gasteiger charge is 2.12. The molecule has 1 aromatic carbocycles. The van der Waals surface area contributed by atoms with Gasteiger partial charge in [-0.25, -0.2) is 9.37 Å². The number of hydrogen-bond acceptors (Lipinski definition) is 4. The van der Waals surface area contributed by atoms with Crippen LogP contribution in [0.1, 0.15) is 16.9 Å². The molecule has 0 saturated heterocycles. The summed E-state index contributed by atoms with van der Waals surface area (Å²) in [4.78, 5) is 16.4. The third-order valence-electron chi connectivity index (χ3n) is 3.46. The molecule has 0 spiro atoms. The molecule has 130 valence electrons. The molecule has 4 nitrogen and oxygen atoms in total. The number of rotatable bonds is 4. The topological polar surface area (TPSA) is 54.0 Å². The molecule has 0 saturated carbocycles. The number of thiazole rings is 1. The smallest absolute Gasteiger partial charge is 0.271 e. The lowest BCUT2D eigenvalue weighted by Gasteiger charge is -2.14. The lowest BCUT2D eigenvalue weighted by Crippen LogP contribution is -2.29. The van der Waals surface area contributed by atoms with E-state index in [1.54, 1.807) is 17.5 Å². The molecular weight excluding hydrogens is 372 g/mol. The molecular formula is C16H18Cl2FN3OS. The number of nitrogens with zero attached hydrogens (tertiary/aromatic N) is 1. The second kappa shape index (κ2) is 9.74. The Hall–Kier alpha value is -1.47. The average Bonchev–Trinajstić information content (AvgIpc) is 3.04. The number of amides is 1. The number of carbonyl (C=O) groups is 1. The van der Waals surface area contributed by atoms with E-state index in [1.165, 1.54) is 29.0 Å².